The molecule has 0 unspecified atom stereocenters. The largest absolute Gasteiger partial charge is 0.488 e. The summed E-state index contributed by atoms with van der Waals surface area (Å²) in [4.78, 5) is 13.5. The van der Waals surface area contributed by atoms with Crippen LogP contribution < -0.4 is 10.2 Å². The topological polar surface area (TPSA) is 50.7 Å². The molecule has 0 bridgehead atoms. The molecule has 0 saturated carbocycles. The quantitative estimate of drug-likeness (QED) is 0.354. The monoisotopic (exact) mass is 426 g/mol. The molecular weight excluding hydrogens is 404 g/mol. The van der Waals surface area contributed by atoms with Gasteiger partial charge in [0.15, 0.2) is 0 Å². The lowest BCUT2D eigenvalue weighted by atomic mass is 10.1. The summed E-state index contributed by atoms with van der Waals surface area (Å²) in [7, 11) is 0. The maximum absolute atomic E-state index is 12.3. The minimum absolute atomic E-state index is 0.232. The Kier molecular flexibility index (Phi) is 7.44. The van der Waals surface area contributed by atoms with Crippen molar-refractivity contribution in [2.24, 2.45) is 5.10 Å². The number of amides is 1. The zero-order chi connectivity index (χ0) is 20.6. The molecule has 1 N–H and O–H groups in total. The number of ether oxygens (including phenoxy) is 1. The van der Waals surface area contributed by atoms with Gasteiger partial charge in [-0.1, -0.05) is 54.8 Å². The maximum atomic E-state index is 12.3. The van der Waals surface area contributed by atoms with Crippen LogP contribution in [0.1, 0.15) is 45.3 Å². The summed E-state index contributed by atoms with van der Waals surface area (Å²) in [6, 6.07) is 15.4. The van der Waals surface area contributed by atoms with Gasteiger partial charge in [-0.05, 0) is 43.2 Å². The second-order valence-corrected chi connectivity index (χ2v) is 8.14. The molecule has 150 valence electrons. The second kappa shape index (κ2) is 10.2. The van der Waals surface area contributed by atoms with Gasteiger partial charge in [0.25, 0.3) is 5.91 Å². The summed E-state index contributed by atoms with van der Waals surface area (Å²) in [5.41, 5.74) is 6.16. The summed E-state index contributed by atoms with van der Waals surface area (Å²) in [6.07, 6.45) is 3.58. The molecule has 4 nitrogen and oxygen atoms in total. The third kappa shape index (κ3) is 6.17. The minimum Gasteiger partial charge on any atom is -0.488 e. The summed E-state index contributed by atoms with van der Waals surface area (Å²) in [6.45, 7) is 4.60. The normalized spacial score (nSPS) is 11.0. The number of carbonyl (C=O) groups excluding carboxylic acids is 1. The average molecular weight is 427 g/mol. The Morgan fingerprint density at radius 1 is 1.21 bits per heavy atom. The first-order valence-corrected chi connectivity index (χ1v) is 10.7. The average Bonchev–Trinajstić information content (AvgIpc) is 3.18. The minimum atomic E-state index is -0.232. The number of nitrogens with one attached hydrogen (secondary N) is 1. The second-order valence-electron chi connectivity index (χ2n) is 6.71. The van der Waals surface area contributed by atoms with Crippen LogP contribution in [-0.2, 0) is 13.0 Å². The Bertz CT molecular complexity index is 996. The highest BCUT2D eigenvalue weighted by atomic mass is 35.5. The lowest BCUT2D eigenvalue weighted by Gasteiger charge is -2.10. The van der Waals surface area contributed by atoms with E-state index in [9.17, 15) is 4.79 Å². The van der Waals surface area contributed by atoms with E-state index in [-0.39, 0.29) is 5.91 Å². The number of hydrogen-bond acceptors (Lipinski definition) is 4. The molecule has 0 spiro atoms. The van der Waals surface area contributed by atoms with E-state index in [1.807, 2.05) is 30.5 Å². The number of carbonyl (C=O) groups is 1. The molecule has 6 heteroatoms. The van der Waals surface area contributed by atoms with Crippen LogP contribution >= 0.6 is 22.9 Å². The summed E-state index contributed by atoms with van der Waals surface area (Å²) in [5.74, 6) is 0.415. The summed E-state index contributed by atoms with van der Waals surface area (Å²) < 4.78 is 5.93. The van der Waals surface area contributed by atoms with Gasteiger partial charge in [0.05, 0.1) is 11.8 Å². The molecule has 0 atom stereocenters. The molecule has 2 aromatic carbocycles. The number of rotatable bonds is 8. The van der Waals surface area contributed by atoms with Crippen molar-refractivity contribution in [1.82, 2.24) is 5.43 Å². The molecule has 0 saturated heterocycles. The van der Waals surface area contributed by atoms with Crippen LogP contribution in [0.4, 0.5) is 0 Å². The van der Waals surface area contributed by atoms with Crippen molar-refractivity contribution >= 4 is 35.1 Å². The molecule has 0 aliphatic heterocycles. The summed E-state index contributed by atoms with van der Waals surface area (Å²) >= 11 is 7.71. The predicted octanol–water partition coefficient (Wildman–Crippen LogP) is 6.01. The lowest BCUT2D eigenvalue weighted by molar-refractivity contribution is 0.0955. The van der Waals surface area contributed by atoms with Gasteiger partial charge in [0, 0.05) is 20.8 Å². The number of halogens is 1. The molecule has 0 aliphatic carbocycles. The van der Waals surface area contributed by atoms with E-state index in [0.717, 1.165) is 18.4 Å². The zero-order valence-corrected chi connectivity index (χ0v) is 18.0. The molecule has 3 aromatic rings. The van der Waals surface area contributed by atoms with Gasteiger partial charge < -0.3 is 4.74 Å². The number of nitrogens with zero attached hydrogens (tertiary/aromatic N) is 1. The molecule has 1 heterocycles. The van der Waals surface area contributed by atoms with Gasteiger partial charge >= 0.3 is 0 Å². The Hall–Kier alpha value is -2.63. The van der Waals surface area contributed by atoms with Gasteiger partial charge in [-0.25, -0.2) is 5.43 Å². The SMILES string of the molecule is CCCc1cc(C(=O)N/N=C\c2cc(Cl)ccc2OCc2ccc(C)cc2)cs1. The molecule has 0 aliphatic rings. The van der Waals surface area contributed by atoms with Crippen molar-refractivity contribution in [2.75, 3.05) is 0 Å². The predicted molar refractivity (Wildman–Crippen MR) is 120 cm³/mol. The van der Waals surface area contributed by atoms with Crippen molar-refractivity contribution < 1.29 is 9.53 Å². The molecule has 0 radical (unpaired) electrons. The molecule has 1 aromatic heterocycles. The smallest absolute Gasteiger partial charge is 0.272 e. The Morgan fingerprint density at radius 2 is 2.00 bits per heavy atom. The highest BCUT2D eigenvalue weighted by Gasteiger charge is 2.08. The van der Waals surface area contributed by atoms with Gasteiger partial charge in [0.2, 0.25) is 0 Å². The number of hydrazone groups is 1. The molecule has 1 amide bonds. The van der Waals surface area contributed by atoms with E-state index in [4.69, 9.17) is 16.3 Å². The van der Waals surface area contributed by atoms with Crippen molar-refractivity contribution in [3.8, 4) is 5.75 Å². The lowest BCUT2D eigenvalue weighted by Crippen LogP contribution is -2.16. The number of aryl methyl sites for hydroxylation is 2. The van der Waals surface area contributed by atoms with Gasteiger partial charge in [-0.15, -0.1) is 11.3 Å². The van der Waals surface area contributed by atoms with Crippen LogP contribution in [0.25, 0.3) is 0 Å². The highest BCUT2D eigenvalue weighted by molar-refractivity contribution is 7.10. The van der Waals surface area contributed by atoms with E-state index >= 15 is 0 Å². The van der Waals surface area contributed by atoms with Crippen LogP contribution in [0.15, 0.2) is 59.0 Å². The zero-order valence-electron chi connectivity index (χ0n) is 16.4. The third-order valence-electron chi connectivity index (χ3n) is 4.27. The van der Waals surface area contributed by atoms with Crippen LogP contribution in [0.3, 0.4) is 0 Å². The Morgan fingerprint density at radius 3 is 2.76 bits per heavy atom. The first-order valence-electron chi connectivity index (χ1n) is 9.44. The molecular formula is C23H23ClN2O2S. The number of benzene rings is 2. The van der Waals surface area contributed by atoms with Crippen LogP contribution in [0, 0.1) is 6.92 Å². The van der Waals surface area contributed by atoms with E-state index in [2.05, 4.69) is 29.6 Å². The number of hydrogen-bond donors (Lipinski definition) is 1. The van der Waals surface area contributed by atoms with Crippen molar-refractivity contribution in [3.05, 3.63) is 86.1 Å². The Balaban J connectivity index is 1.65. The third-order valence-corrected chi connectivity index (χ3v) is 5.50. The first kappa shape index (κ1) is 21.1. The van der Waals surface area contributed by atoms with E-state index in [0.29, 0.717) is 28.5 Å². The van der Waals surface area contributed by atoms with Crippen molar-refractivity contribution in [1.29, 1.82) is 0 Å². The van der Waals surface area contributed by atoms with Crippen LogP contribution in [0.2, 0.25) is 5.02 Å². The fourth-order valence-corrected chi connectivity index (χ4v) is 3.85. The molecule has 29 heavy (non-hydrogen) atoms. The van der Waals surface area contributed by atoms with Crippen LogP contribution in [-0.4, -0.2) is 12.1 Å². The highest BCUT2D eigenvalue weighted by Crippen LogP contribution is 2.23. The molecule has 3 rings (SSSR count). The van der Waals surface area contributed by atoms with Crippen molar-refractivity contribution in [2.45, 2.75) is 33.3 Å². The fourth-order valence-electron chi connectivity index (χ4n) is 2.70. The maximum Gasteiger partial charge on any atom is 0.272 e. The number of thiophene rings is 1. The van der Waals surface area contributed by atoms with E-state index in [1.54, 1.807) is 35.8 Å². The first-order chi connectivity index (χ1) is 14.0. The molecule has 0 fully saturated rings. The van der Waals surface area contributed by atoms with Gasteiger partial charge in [0.1, 0.15) is 12.4 Å². The van der Waals surface area contributed by atoms with Gasteiger partial charge in [-0.2, -0.15) is 5.10 Å². The standard InChI is InChI=1S/C23H23ClN2O2S/c1-3-4-21-12-19(15-29-21)23(27)26-25-13-18-11-20(24)9-10-22(18)28-14-17-7-5-16(2)6-8-17/h5-13,15H,3-4,14H2,1-2H3,(H,26,27)/b25-13-. The van der Waals surface area contributed by atoms with Gasteiger partial charge in [-0.3, -0.25) is 4.79 Å². The van der Waals surface area contributed by atoms with Crippen LogP contribution in [0.5, 0.6) is 5.75 Å². The summed E-state index contributed by atoms with van der Waals surface area (Å²) in [5, 5.41) is 6.51. The van der Waals surface area contributed by atoms with Crippen molar-refractivity contribution in [3.63, 3.8) is 0 Å². The Labute approximate surface area is 180 Å². The van der Waals surface area contributed by atoms with E-state index < -0.39 is 0 Å². The fraction of sp³-hybridized carbons (Fsp3) is 0.217. The van der Waals surface area contributed by atoms with E-state index in [1.165, 1.54) is 10.4 Å².